The monoisotopic (exact) mass is 363 g/mol. The SMILES string of the molecule is CC(C)[C@@H](C)NC(=O)COC(=O)[C@H](NC(=O)Nc1ccccc1)C(C)C. The van der Waals surface area contributed by atoms with Crippen LogP contribution in [-0.2, 0) is 14.3 Å². The number of nitrogens with one attached hydrogen (secondary N) is 3. The number of carbonyl (C=O) groups is 3. The molecule has 3 N–H and O–H groups in total. The van der Waals surface area contributed by atoms with Crippen molar-refractivity contribution in [3.63, 3.8) is 0 Å². The molecule has 0 aliphatic carbocycles. The number of esters is 1. The van der Waals surface area contributed by atoms with Crippen molar-refractivity contribution in [2.45, 2.75) is 46.7 Å². The summed E-state index contributed by atoms with van der Waals surface area (Å²) < 4.78 is 5.07. The Morgan fingerprint density at radius 3 is 2.08 bits per heavy atom. The topological polar surface area (TPSA) is 96.5 Å². The number of para-hydroxylation sites is 1. The van der Waals surface area contributed by atoms with Gasteiger partial charge in [0.25, 0.3) is 5.91 Å². The maximum absolute atomic E-state index is 12.3. The average molecular weight is 363 g/mol. The van der Waals surface area contributed by atoms with Crippen LogP contribution in [0.25, 0.3) is 0 Å². The van der Waals surface area contributed by atoms with E-state index >= 15 is 0 Å². The third kappa shape index (κ3) is 7.55. The van der Waals surface area contributed by atoms with Crippen LogP contribution >= 0.6 is 0 Å². The van der Waals surface area contributed by atoms with E-state index in [1.165, 1.54) is 0 Å². The number of hydrogen-bond donors (Lipinski definition) is 3. The highest BCUT2D eigenvalue weighted by Gasteiger charge is 2.26. The van der Waals surface area contributed by atoms with Gasteiger partial charge in [0, 0.05) is 11.7 Å². The predicted octanol–water partition coefficient (Wildman–Crippen LogP) is 2.54. The average Bonchev–Trinajstić information content (AvgIpc) is 2.58. The first kappa shape index (κ1) is 21.5. The molecule has 26 heavy (non-hydrogen) atoms. The van der Waals surface area contributed by atoms with Crippen molar-refractivity contribution >= 4 is 23.6 Å². The summed E-state index contributed by atoms with van der Waals surface area (Å²) in [6, 6.07) is 7.52. The van der Waals surface area contributed by atoms with E-state index in [4.69, 9.17) is 4.74 Å². The van der Waals surface area contributed by atoms with Crippen LogP contribution in [0.2, 0.25) is 0 Å². The van der Waals surface area contributed by atoms with Crippen LogP contribution in [0.5, 0.6) is 0 Å². The molecule has 144 valence electrons. The molecule has 0 fully saturated rings. The van der Waals surface area contributed by atoms with Crippen molar-refractivity contribution in [2.24, 2.45) is 11.8 Å². The fourth-order valence-electron chi connectivity index (χ4n) is 2.02. The Kier molecular flexibility index (Phi) is 8.61. The van der Waals surface area contributed by atoms with E-state index < -0.39 is 18.0 Å². The summed E-state index contributed by atoms with van der Waals surface area (Å²) in [4.78, 5) is 36.2. The second-order valence-corrected chi connectivity index (χ2v) is 6.89. The molecule has 0 aromatic heterocycles. The number of rotatable bonds is 8. The molecule has 0 aliphatic heterocycles. The number of urea groups is 1. The molecule has 7 heteroatoms. The smallest absolute Gasteiger partial charge is 0.329 e. The van der Waals surface area contributed by atoms with Gasteiger partial charge in [-0.25, -0.2) is 9.59 Å². The van der Waals surface area contributed by atoms with Gasteiger partial charge in [-0.15, -0.1) is 0 Å². The predicted molar refractivity (Wildman–Crippen MR) is 101 cm³/mol. The molecule has 2 atom stereocenters. The van der Waals surface area contributed by atoms with Gasteiger partial charge in [0.2, 0.25) is 0 Å². The molecule has 3 amide bonds. The fourth-order valence-corrected chi connectivity index (χ4v) is 2.02. The minimum absolute atomic E-state index is 0.0168. The number of benzene rings is 1. The molecular weight excluding hydrogens is 334 g/mol. The number of anilines is 1. The summed E-state index contributed by atoms with van der Waals surface area (Å²) in [5.41, 5.74) is 0.614. The van der Waals surface area contributed by atoms with Crippen LogP contribution in [0.3, 0.4) is 0 Å². The van der Waals surface area contributed by atoms with Gasteiger partial charge in [-0.05, 0) is 30.9 Å². The maximum atomic E-state index is 12.3. The van der Waals surface area contributed by atoms with Crippen LogP contribution in [0.15, 0.2) is 30.3 Å². The van der Waals surface area contributed by atoms with Gasteiger partial charge in [-0.2, -0.15) is 0 Å². The largest absolute Gasteiger partial charge is 0.454 e. The first-order valence-electron chi connectivity index (χ1n) is 8.79. The van der Waals surface area contributed by atoms with Crippen molar-refractivity contribution in [2.75, 3.05) is 11.9 Å². The van der Waals surface area contributed by atoms with E-state index in [1.54, 1.807) is 38.1 Å². The van der Waals surface area contributed by atoms with E-state index in [1.807, 2.05) is 26.8 Å². The lowest BCUT2D eigenvalue weighted by molar-refractivity contribution is -0.151. The van der Waals surface area contributed by atoms with Crippen molar-refractivity contribution in [1.29, 1.82) is 0 Å². The molecule has 0 saturated carbocycles. The lowest BCUT2D eigenvalue weighted by Gasteiger charge is -2.22. The fraction of sp³-hybridized carbons (Fsp3) is 0.526. The zero-order chi connectivity index (χ0) is 19.7. The lowest BCUT2D eigenvalue weighted by atomic mass is 10.1. The summed E-state index contributed by atoms with van der Waals surface area (Å²) >= 11 is 0. The maximum Gasteiger partial charge on any atom is 0.329 e. The van der Waals surface area contributed by atoms with Gasteiger partial charge in [-0.1, -0.05) is 45.9 Å². The van der Waals surface area contributed by atoms with Crippen molar-refractivity contribution in [3.05, 3.63) is 30.3 Å². The van der Waals surface area contributed by atoms with Crippen LogP contribution in [0, 0.1) is 11.8 Å². The van der Waals surface area contributed by atoms with E-state index in [0.717, 1.165) is 0 Å². The molecule has 0 saturated heterocycles. The van der Waals surface area contributed by atoms with Gasteiger partial charge in [-0.3, -0.25) is 4.79 Å². The minimum Gasteiger partial charge on any atom is -0.454 e. The van der Waals surface area contributed by atoms with E-state index in [0.29, 0.717) is 5.69 Å². The quantitative estimate of drug-likeness (QED) is 0.618. The summed E-state index contributed by atoms with van der Waals surface area (Å²) in [6.45, 7) is 9.06. The Labute approximate surface area is 154 Å². The van der Waals surface area contributed by atoms with Gasteiger partial charge in [0.1, 0.15) is 6.04 Å². The minimum atomic E-state index is -0.853. The van der Waals surface area contributed by atoms with Crippen LogP contribution < -0.4 is 16.0 Å². The van der Waals surface area contributed by atoms with E-state index in [9.17, 15) is 14.4 Å². The second-order valence-electron chi connectivity index (χ2n) is 6.89. The van der Waals surface area contributed by atoms with Gasteiger partial charge in [0.15, 0.2) is 6.61 Å². The zero-order valence-corrected chi connectivity index (χ0v) is 16.0. The number of amides is 3. The first-order valence-corrected chi connectivity index (χ1v) is 8.79. The molecule has 7 nitrogen and oxygen atoms in total. The molecule has 0 unspecified atom stereocenters. The number of hydrogen-bond acceptors (Lipinski definition) is 4. The van der Waals surface area contributed by atoms with Gasteiger partial charge < -0.3 is 20.7 Å². The molecular formula is C19H29N3O4. The third-order valence-electron chi connectivity index (χ3n) is 3.97. The highest BCUT2D eigenvalue weighted by molar-refractivity contribution is 5.93. The molecule has 1 aromatic rings. The normalized spacial score (nSPS) is 13.0. The Balaban J connectivity index is 2.53. The first-order chi connectivity index (χ1) is 12.2. The Bertz CT molecular complexity index is 602. The molecule has 0 aliphatic rings. The zero-order valence-electron chi connectivity index (χ0n) is 16.0. The van der Waals surface area contributed by atoms with Crippen molar-refractivity contribution in [3.8, 4) is 0 Å². The summed E-state index contributed by atoms with van der Waals surface area (Å²) in [5.74, 6) is -0.922. The lowest BCUT2D eigenvalue weighted by Crippen LogP contribution is -2.48. The molecule has 0 radical (unpaired) electrons. The van der Waals surface area contributed by atoms with Crippen LogP contribution in [0.4, 0.5) is 10.5 Å². The number of ether oxygens (including phenoxy) is 1. The highest BCUT2D eigenvalue weighted by atomic mass is 16.5. The highest BCUT2D eigenvalue weighted by Crippen LogP contribution is 2.08. The van der Waals surface area contributed by atoms with Crippen molar-refractivity contribution < 1.29 is 19.1 Å². The van der Waals surface area contributed by atoms with E-state index in [-0.39, 0.29) is 30.4 Å². The van der Waals surface area contributed by atoms with Crippen LogP contribution in [-0.4, -0.2) is 36.6 Å². The summed E-state index contributed by atoms with van der Waals surface area (Å²) in [5, 5.41) is 8.00. The van der Waals surface area contributed by atoms with Gasteiger partial charge in [0.05, 0.1) is 0 Å². The molecule has 1 aromatic carbocycles. The van der Waals surface area contributed by atoms with Crippen molar-refractivity contribution in [1.82, 2.24) is 10.6 Å². The van der Waals surface area contributed by atoms with E-state index in [2.05, 4.69) is 16.0 Å². The van der Waals surface area contributed by atoms with Crippen LogP contribution in [0.1, 0.15) is 34.6 Å². The standard InChI is InChI=1S/C19H29N3O4/c1-12(2)14(5)20-16(23)11-26-18(24)17(13(3)4)22-19(25)21-15-9-7-6-8-10-15/h6-10,12-14,17H,11H2,1-5H3,(H,20,23)(H2,21,22,25)/t14-,17-/m1/s1. The Hall–Kier alpha value is -2.57. The molecule has 1 rings (SSSR count). The molecule has 0 spiro atoms. The second kappa shape index (κ2) is 10.4. The summed E-state index contributed by atoms with van der Waals surface area (Å²) in [6.07, 6.45) is 0. The Morgan fingerprint density at radius 2 is 1.54 bits per heavy atom. The van der Waals surface area contributed by atoms with Gasteiger partial charge >= 0.3 is 12.0 Å². The number of carbonyl (C=O) groups excluding carboxylic acids is 3. The molecule has 0 bridgehead atoms. The summed E-state index contributed by atoms with van der Waals surface area (Å²) in [7, 11) is 0. The molecule has 0 heterocycles. The Morgan fingerprint density at radius 1 is 0.923 bits per heavy atom. The third-order valence-corrected chi connectivity index (χ3v) is 3.97.